The molecule has 17 heavy (non-hydrogen) atoms. The van der Waals surface area contributed by atoms with E-state index in [9.17, 15) is 9.59 Å². The lowest BCUT2D eigenvalue weighted by atomic mass is 9.82. The Kier molecular flexibility index (Phi) is 3.54. The van der Waals surface area contributed by atoms with Gasteiger partial charge in [-0.3, -0.25) is 4.79 Å². The second-order valence-corrected chi connectivity index (χ2v) is 5.42. The maximum absolute atomic E-state index is 11.9. The average Bonchev–Trinajstić information content (AvgIpc) is 2.62. The molecule has 0 aromatic heterocycles. The molecule has 0 radical (unpaired) electrons. The quantitative estimate of drug-likeness (QED) is 0.781. The Bertz CT molecular complexity index is 313. The molecule has 2 fully saturated rings. The largest absolute Gasteiger partial charge is 0.481 e. The molecular formula is C12H20N2O3. The minimum Gasteiger partial charge on any atom is -0.481 e. The Balaban J connectivity index is 1.72. The number of carboxylic acids is 1. The summed E-state index contributed by atoms with van der Waals surface area (Å²) in [7, 11) is 0. The summed E-state index contributed by atoms with van der Waals surface area (Å²) < 4.78 is 0. The van der Waals surface area contributed by atoms with Crippen molar-refractivity contribution in [3.05, 3.63) is 0 Å². The van der Waals surface area contributed by atoms with E-state index < -0.39 is 5.97 Å². The topological polar surface area (TPSA) is 69.6 Å². The van der Waals surface area contributed by atoms with Gasteiger partial charge in [-0.25, -0.2) is 4.79 Å². The third-order valence-corrected chi connectivity index (χ3v) is 3.74. The molecule has 2 aliphatic rings. The molecule has 1 heterocycles. The predicted molar refractivity (Wildman–Crippen MR) is 62.7 cm³/mol. The summed E-state index contributed by atoms with van der Waals surface area (Å²) in [4.78, 5) is 24.2. The number of nitrogens with zero attached hydrogens (tertiary/aromatic N) is 1. The van der Waals surface area contributed by atoms with Gasteiger partial charge >= 0.3 is 12.0 Å². The van der Waals surface area contributed by atoms with Gasteiger partial charge in [-0.2, -0.15) is 0 Å². The smallest absolute Gasteiger partial charge is 0.317 e. The molecule has 2 amide bonds. The SMILES string of the molecule is CC1CC(NC(=O)N2CCC(CC(=O)O)C2)C1. The Morgan fingerprint density at radius 1 is 1.41 bits per heavy atom. The lowest BCUT2D eigenvalue weighted by molar-refractivity contribution is -0.138. The van der Waals surface area contributed by atoms with E-state index in [1.54, 1.807) is 4.90 Å². The van der Waals surface area contributed by atoms with Crippen molar-refractivity contribution in [2.45, 2.75) is 38.6 Å². The van der Waals surface area contributed by atoms with Crippen molar-refractivity contribution < 1.29 is 14.7 Å². The fourth-order valence-corrected chi connectivity index (χ4v) is 2.72. The van der Waals surface area contributed by atoms with Gasteiger partial charge in [0.2, 0.25) is 0 Å². The summed E-state index contributed by atoms with van der Waals surface area (Å²) in [6, 6.07) is 0.311. The molecule has 1 saturated carbocycles. The highest BCUT2D eigenvalue weighted by Crippen LogP contribution is 2.27. The maximum atomic E-state index is 11.9. The average molecular weight is 240 g/mol. The van der Waals surface area contributed by atoms with E-state index in [-0.39, 0.29) is 18.4 Å². The normalized spacial score (nSPS) is 32.1. The number of aliphatic carboxylic acids is 1. The van der Waals surface area contributed by atoms with Crippen LogP contribution < -0.4 is 5.32 Å². The molecule has 0 aromatic carbocycles. The van der Waals surface area contributed by atoms with Gasteiger partial charge in [-0.05, 0) is 31.1 Å². The first-order valence-corrected chi connectivity index (χ1v) is 6.32. The van der Waals surface area contributed by atoms with Crippen molar-refractivity contribution in [2.75, 3.05) is 13.1 Å². The third kappa shape index (κ3) is 3.11. The van der Waals surface area contributed by atoms with Crippen LogP contribution >= 0.6 is 0 Å². The fraction of sp³-hybridized carbons (Fsp3) is 0.833. The van der Waals surface area contributed by atoms with Crippen LogP contribution in [0.25, 0.3) is 0 Å². The molecule has 96 valence electrons. The lowest BCUT2D eigenvalue weighted by Crippen LogP contribution is -2.48. The lowest BCUT2D eigenvalue weighted by Gasteiger charge is -2.34. The summed E-state index contributed by atoms with van der Waals surface area (Å²) in [6.45, 7) is 3.45. The number of carbonyl (C=O) groups is 2. The highest BCUT2D eigenvalue weighted by atomic mass is 16.4. The number of urea groups is 1. The van der Waals surface area contributed by atoms with Crippen molar-refractivity contribution >= 4 is 12.0 Å². The van der Waals surface area contributed by atoms with Crippen LogP contribution in [0, 0.1) is 11.8 Å². The second kappa shape index (κ2) is 4.94. The number of carbonyl (C=O) groups excluding carboxylic acids is 1. The number of hydrogen-bond donors (Lipinski definition) is 2. The molecule has 0 spiro atoms. The van der Waals surface area contributed by atoms with Crippen LogP contribution in [-0.4, -0.2) is 41.1 Å². The standard InChI is InChI=1S/C12H20N2O3/c1-8-4-10(5-8)13-12(17)14-3-2-9(7-14)6-11(15)16/h8-10H,2-7H2,1H3,(H,13,17)(H,15,16). The van der Waals surface area contributed by atoms with Crippen LogP contribution in [0.2, 0.25) is 0 Å². The van der Waals surface area contributed by atoms with Crippen molar-refractivity contribution in [1.29, 1.82) is 0 Å². The molecule has 0 bridgehead atoms. The molecule has 0 aromatic rings. The van der Waals surface area contributed by atoms with Gasteiger partial charge in [0.25, 0.3) is 0 Å². The van der Waals surface area contributed by atoms with Crippen LogP contribution in [0.5, 0.6) is 0 Å². The van der Waals surface area contributed by atoms with Gasteiger partial charge in [0.1, 0.15) is 0 Å². The van der Waals surface area contributed by atoms with Gasteiger partial charge in [-0.1, -0.05) is 6.92 Å². The molecule has 2 N–H and O–H groups in total. The number of amides is 2. The Labute approximate surface area is 101 Å². The highest BCUT2D eigenvalue weighted by Gasteiger charge is 2.31. The number of hydrogen-bond acceptors (Lipinski definition) is 2. The summed E-state index contributed by atoms with van der Waals surface area (Å²) in [5.74, 6) is 0.0716. The van der Waals surface area contributed by atoms with E-state index in [1.165, 1.54) is 0 Å². The van der Waals surface area contributed by atoms with E-state index >= 15 is 0 Å². The molecule has 5 nitrogen and oxygen atoms in total. The van der Waals surface area contributed by atoms with Crippen molar-refractivity contribution in [1.82, 2.24) is 10.2 Å². The van der Waals surface area contributed by atoms with Crippen LogP contribution in [0.1, 0.15) is 32.6 Å². The first kappa shape index (κ1) is 12.2. The van der Waals surface area contributed by atoms with Gasteiger partial charge < -0.3 is 15.3 Å². The predicted octanol–water partition coefficient (Wildman–Crippen LogP) is 1.29. The third-order valence-electron chi connectivity index (χ3n) is 3.74. The highest BCUT2D eigenvalue weighted by molar-refractivity contribution is 5.75. The van der Waals surface area contributed by atoms with E-state index in [2.05, 4.69) is 12.2 Å². The van der Waals surface area contributed by atoms with E-state index in [0.29, 0.717) is 19.1 Å². The van der Waals surface area contributed by atoms with E-state index in [0.717, 1.165) is 25.2 Å². The Morgan fingerprint density at radius 3 is 2.71 bits per heavy atom. The second-order valence-electron chi connectivity index (χ2n) is 5.42. The van der Waals surface area contributed by atoms with Crippen LogP contribution in [0.15, 0.2) is 0 Å². The van der Waals surface area contributed by atoms with Gasteiger partial charge in [-0.15, -0.1) is 0 Å². The Morgan fingerprint density at radius 2 is 2.12 bits per heavy atom. The van der Waals surface area contributed by atoms with E-state index in [4.69, 9.17) is 5.11 Å². The first-order chi connectivity index (χ1) is 8.04. The van der Waals surface area contributed by atoms with E-state index in [1.807, 2.05) is 0 Å². The maximum Gasteiger partial charge on any atom is 0.317 e. The first-order valence-electron chi connectivity index (χ1n) is 6.32. The molecule has 1 aliphatic carbocycles. The number of likely N-dealkylation sites (tertiary alicyclic amines) is 1. The molecule has 2 rings (SSSR count). The monoisotopic (exact) mass is 240 g/mol. The summed E-state index contributed by atoms with van der Waals surface area (Å²) >= 11 is 0. The van der Waals surface area contributed by atoms with Gasteiger partial charge in [0, 0.05) is 25.6 Å². The molecule has 1 saturated heterocycles. The fourth-order valence-electron chi connectivity index (χ4n) is 2.72. The Hall–Kier alpha value is -1.26. The zero-order chi connectivity index (χ0) is 12.4. The minimum atomic E-state index is -0.773. The number of nitrogens with one attached hydrogen (secondary N) is 1. The van der Waals surface area contributed by atoms with Crippen LogP contribution in [0.4, 0.5) is 4.79 Å². The molecule has 1 atom stereocenters. The van der Waals surface area contributed by atoms with Crippen LogP contribution in [0.3, 0.4) is 0 Å². The number of rotatable bonds is 3. The molecular weight excluding hydrogens is 220 g/mol. The van der Waals surface area contributed by atoms with Crippen LogP contribution in [-0.2, 0) is 4.79 Å². The molecule has 1 aliphatic heterocycles. The summed E-state index contributed by atoms with van der Waals surface area (Å²) in [5.41, 5.74) is 0. The van der Waals surface area contributed by atoms with Crippen molar-refractivity contribution in [2.24, 2.45) is 11.8 Å². The summed E-state index contributed by atoms with van der Waals surface area (Å²) in [5, 5.41) is 11.7. The van der Waals surface area contributed by atoms with Gasteiger partial charge in [0.15, 0.2) is 0 Å². The van der Waals surface area contributed by atoms with Crippen molar-refractivity contribution in [3.63, 3.8) is 0 Å². The molecule has 1 unspecified atom stereocenters. The number of carboxylic acid groups (broad SMARTS) is 1. The zero-order valence-corrected chi connectivity index (χ0v) is 10.2. The zero-order valence-electron chi connectivity index (χ0n) is 10.2. The van der Waals surface area contributed by atoms with Gasteiger partial charge in [0.05, 0.1) is 0 Å². The summed E-state index contributed by atoms with van der Waals surface area (Å²) in [6.07, 6.45) is 3.11. The molecule has 5 heteroatoms. The van der Waals surface area contributed by atoms with Crippen molar-refractivity contribution in [3.8, 4) is 0 Å². The minimum absolute atomic E-state index is 0.0187.